The summed E-state index contributed by atoms with van der Waals surface area (Å²) in [6.07, 6.45) is 0. The van der Waals surface area contributed by atoms with Gasteiger partial charge in [-0.1, -0.05) is 34.1 Å². The van der Waals surface area contributed by atoms with E-state index in [0.717, 1.165) is 16.8 Å². The molecule has 98 valence electrons. The number of hydrogen-bond acceptors (Lipinski definition) is 3. The first kappa shape index (κ1) is 14.7. The zero-order chi connectivity index (χ0) is 13.7. The maximum Gasteiger partial charge on any atom is 0.329 e. The Hall–Kier alpha value is -1.36. The molecule has 4 nitrogen and oxygen atoms in total. The molecular weight excluding hydrogens is 298 g/mol. The molecule has 0 unspecified atom stereocenters. The van der Waals surface area contributed by atoms with E-state index in [4.69, 9.17) is 4.74 Å². The molecule has 1 aromatic carbocycles. The van der Waals surface area contributed by atoms with Crippen LogP contribution in [-0.2, 0) is 14.3 Å². The molecule has 0 aliphatic carbocycles. The third-order valence-electron chi connectivity index (χ3n) is 2.45. The summed E-state index contributed by atoms with van der Waals surface area (Å²) in [5, 5.41) is 2.73. The van der Waals surface area contributed by atoms with Gasteiger partial charge in [-0.2, -0.15) is 0 Å². The highest BCUT2D eigenvalue weighted by molar-refractivity contribution is 9.10. The number of carbonyl (C=O) groups is 2. The van der Waals surface area contributed by atoms with Crippen LogP contribution >= 0.6 is 15.9 Å². The van der Waals surface area contributed by atoms with Crippen molar-refractivity contribution in [3.8, 4) is 0 Å². The largest absolute Gasteiger partial charge is 0.465 e. The smallest absolute Gasteiger partial charge is 0.329 e. The Balaban J connectivity index is 2.79. The van der Waals surface area contributed by atoms with Gasteiger partial charge in [0.15, 0.2) is 4.83 Å². The number of nitrogens with one attached hydrogen (secondary N) is 1. The highest BCUT2D eigenvalue weighted by Crippen LogP contribution is 2.20. The van der Waals surface area contributed by atoms with Crippen molar-refractivity contribution in [1.29, 1.82) is 0 Å². The molecule has 0 heterocycles. The minimum atomic E-state index is -0.989. The Morgan fingerprint density at radius 2 is 1.89 bits per heavy atom. The Bertz CT molecular complexity index is 439. The molecule has 1 aromatic rings. The number of para-hydroxylation sites is 1. The first-order valence-corrected chi connectivity index (χ1v) is 6.56. The van der Waals surface area contributed by atoms with Crippen LogP contribution in [0.2, 0.25) is 0 Å². The molecule has 1 rings (SSSR count). The Kier molecular flexibility index (Phi) is 5.34. The van der Waals surface area contributed by atoms with Crippen molar-refractivity contribution in [2.24, 2.45) is 0 Å². The number of benzene rings is 1. The van der Waals surface area contributed by atoms with Crippen molar-refractivity contribution in [3.05, 3.63) is 29.3 Å². The zero-order valence-corrected chi connectivity index (χ0v) is 12.2. The van der Waals surface area contributed by atoms with Crippen LogP contribution in [0, 0.1) is 13.8 Å². The van der Waals surface area contributed by atoms with Gasteiger partial charge in [-0.25, -0.2) is 0 Å². The molecule has 1 N–H and O–H groups in total. The summed E-state index contributed by atoms with van der Waals surface area (Å²) in [4.78, 5) is 22.3. The Labute approximate surface area is 115 Å². The molecule has 18 heavy (non-hydrogen) atoms. The molecule has 0 fully saturated rings. The van der Waals surface area contributed by atoms with Gasteiger partial charge < -0.3 is 10.1 Å². The number of carbonyl (C=O) groups excluding carboxylic acids is 2. The molecule has 5 heteroatoms. The van der Waals surface area contributed by atoms with E-state index in [9.17, 15) is 9.59 Å². The van der Waals surface area contributed by atoms with Gasteiger partial charge in [0.1, 0.15) is 0 Å². The summed E-state index contributed by atoms with van der Waals surface area (Å²) < 4.78 is 4.78. The van der Waals surface area contributed by atoms with Gasteiger partial charge in [0.2, 0.25) is 5.91 Å². The van der Waals surface area contributed by atoms with Crippen LogP contribution in [-0.4, -0.2) is 23.3 Å². The van der Waals surface area contributed by atoms with E-state index in [1.165, 1.54) is 0 Å². The number of hydrogen-bond donors (Lipinski definition) is 1. The fraction of sp³-hybridized carbons (Fsp3) is 0.385. The Morgan fingerprint density at radius 1 is 1.33 bits per heavy atom. The topological polar surface area (TPSA) is 55.4 Å². The lowest BCUT2D eigenvalue weighted by Gasteiger charge is -2.13. The molecule has 0 aromatic heterocycles. The summed E-state index contributed by atoms with van der Waals surface area (Å²) in [5.41, 5.74) is 2.63. The minimum Gasteiger partial charge on any atom is -0.465 e. The van der Waals surface area contributed by atoms with Crippen LogP contribution in [0.1, 0.15) is 18.1 Å². The van der Waals surface area contributed by atoms with E-state index in [0.29, 0.717) is 0 Å². The second kappa shape index (κ2) is 6.54. The lowest BCUT2D eigenvalue weighted by Crippen LogP contribution is -2.32. The second-order valence-electron chi connectivity index (χ2n) is 3.87. The van der Waals surface area contributed by atoms with E-state index in [1.54, 1.807) is 6.92 Å². The molecule has 0 bridgehead atoms. The van der Waals surface area contributed by atoms with Gasteiger partial charge in [-0.3, -0.25) is 9.59 Å². The third kappa shape index (κ3) is 3.57. The van der Waals surface area contributed by atoms with Crippen LogP contribution in [0.3, 0.4) is 0 Å². The molecule has 0 saturated carbocycles. The molecule has 0 radical (unpaired) electrons. The summed E-state index contributed by atoms with van der Waals surface area (Å²) in [7, 11) is 0. The Morgan fingerprint density at radius 3 is 2.39 bits per heavy atom. The van der Waals surface area contributed by atoms with Crippen molar-refractivity contribution in [1.82, 2.24) is 0 Å². The second-order valence-corrected chi connectivity index (χ2v) is 4.79. The maximum atomic E-state index is 11.9. The van der Waals surface area contributed by atoms with E-state index in [2.05, 4.69) is 21.2 Å². The van der Waals surface area contributed by atoms with Gasteiger partial charge >= 0.3 is 5.97 Å². The van der Waals surface area contributed by atoms with Crippen molar-refractivity contribution >= 4 is 33.5 Å². The molecule has 1 atom stereocenters. The van der Waals surface area contributed by atoms with Crippen LogP contribution < -0.4 is 5.32 Å². The number of halogens is 1. The highest BCUT2D eigenvalue weighted by Gasteiger charge is 2.25. The fourth-order valence-corrected chi connectivity index (χ4v) is 1.77. The van der Waals surface area contributed by atoms with Gasteiger partial charge in [-0.05, 0) is 31.9 Å². The maximum absolute atomic E-state index is 11.9. The summed E-state index contributed by atoms with van der Waals surface area (Å²) in [6.45, 7) is 5.74. The lowest BCUT2D eigenvalue weighted by molar-refractivity contribution is -0.144. The number of anilines is 1. The van der Waals surface area contributed by atoms with Crippen LogP contribution in [0.25, 0.3) is 0 Å². The molecule has 0 aliphatic rings. The lowest BCUT2D eigenvalue weighted by atomic mass is 10.1. The van der Waals surface area contributed by atoms with Gasteiger partial charge in [0.05, 0.1) is 6.61 Å². The van der Waals surface area contributed by atoms with E-state index in [-0.39, 0.29) is 6.61 Å². The average Bonchev–Trinajstić information content (AvgIpc) is 2.33. The third-order valence-corrected chi connectivity index (χ3v) is 3.24. The fourth-order valence-electron chi connectivity index (χ4n) is 1.52. The number of aryl methyl sites for hydroxylation is 2. The van der Waals surface area contributed by atoms with Crippen molar-refractivity contribution in [2.45, 2.75) is 25.6 Å². The van der Waals surface area contributed by atoms with Gasteiger partial charge in [-0.15, -0.1) is 0 Å². The SMILES string of the molecule is CCOC(=O)[C@@H](Br)C(=O)Nc1c(C)cccc1C. The number of ether oxygens (including phenoxy) is 1. The van der Waals surface area contributed by atoms with Crippen LogP contribution in [0.5, 0.6) is 0 Å². The number of amides is 1. The molecule has 0 spiro atoms. The molecule has 1 amide bonds. The van der Waals surface area contributed by atoms with Crippen LogP contribution in [0.15, 0.2) is 18.2 Å². The van der Waals surface area contributed by atoms with E-state index < -0.39 is 16.7 Å². The quantitative estimate of drug-likeness (QED) is 0.528. The van der Waals surface area contributed by atoms with Crippen molar-refractivity contribution < 1.29 is 14.3 Å². The van der Waals surface area contributed by atoms with Crippen molar-refractivity contribution in [2.75, 3.05) is 11.9 Å². The number of rotatable bonds is 4. The predicted molar refractivity (Wildman–Crippen MR) is 73.9 cm³/mol. The summed E-state index contributed by atoms with van der Waals surface area (Å²) >= 11 is 3.03. The number of esters is 1. The van der Waals surface area contributed by atoms with Gasteiger partial charge in [0.25, 0.3) is 0 Å². The monoisotopic (exact) mass is 313 g/mol. The van der Waals surface area contributed by atoms with Crippen LogP contribution in [0.4, 0.5) is 5.69 Å². The standard InChI is InChI=1S/C13H16BrNO3/c1-4-18-13(17)10(14)12(16)15-11-8(2)6-5-7-9(11)3/h5-7,10H,4H2,1-3H3,(H,15,16)/t10-/m0/s1. The van der Waals surface area contributed by atoms with Gasteiger partial charge in [0, 0.05) is 5.69 Å². The summed E-state index contributed by atoms with van der Waals surface area (Å²) in [5.74, 6) is -1.01. The normalized spacial score (nSPS) is 11.8. The highest BCUT2D eigenvalue weighted by atomic mass is 79.9. The average molecular weight is 314 g/mol. The molecule has 0 aliphatic heterocycles. The molecular formula is C13H16BrNO3. The zero-order valence-electron chi connectivity index (χ0n) is 10.6. The summed E-state index contributed by atoms with van der Waals surface area (Å²) in [6, 6.07) is 5.71. The first-order chi connectivity index (χ1) is 8.47. The van der Waals surface area contributed by atoms with Crippen molar-refractivity contribution in [3.63, 3.8) is 0 Å². The molecule has 0 saturated heterocycles. The first-order valence-electron chi connectivity index (χ1n) is 5.65. The predicted octanol–water partition coefficient (Wildman–Crippen LogP) is 2.57. The number of alkyl halides is 1. The minimum absolute atomic E-state index is 0.248. The van der Waals surface area contributed by atoms with E-state index >= 15 is 0 Å². The van der Waals surface area contributed by atoms with E-state index in [1.807, 2.05) is 32.0 Å².